The number of amides is 1. The van der Waals surface area contributed by atoms with E-state index >= 15 is 0 Å². The molecule has 0 atom stereocenters. The van der Waals surface area contributed by atoms with E-state index in [1.165, 1.54) is 0 Å². The number of nitrogens with zero attached hydrogens (tertiary/aromatic N) is 6. The molecule has 0 unspecified atom stereocenters. The van der Waals surface area contributed by atoms with Crippen LogP contribution in [0.3, 0.4) is 0 Å². The predicted octanol–water partition coefficient (Wildman–Crippen LogP) is 5.77. The number of benzene rings is 3. The third kappa shape index (κ3) is 5.32. The number of para-hydroxylation sites is 1. The fourth-order valence-electron chi connectivity index (χ4n) is 5.22. The minimum Gasteiger partial charge on any atom is -0.322 e. The van der Waals surface area contributed by atoms with Gasteiger partial charge in [0.05, 0.1) is 12.1 Å². The molecular weight excluding hydrogens is 524 g/mol. The van der Waals surface area contributed by atoms with Crippen molar-refractivity contribution in [1.29, 1.82) is 0 Å². The molecule has 208 valence electrons. The molecule has 0 saturated carbocycles. The minimum atomic E-state index is -0.322. The van der Waals surface area contributed by atoms with Crippen LogP contribution in [0, 0.1) is 13.8 Å². The first-order chi connectivity index (χ1) is 20.5. The van der Waals surface area contributed by atoms with Crippen molar-refractivity contribution in [3.05, 3.63) is 131 Å². The van der Waals surface area contributed by atoms with Crippen molar-refractivity contribution in [2.45, 2.75) is 33.7 Å². The molecule has 3 aromatic heterocycles. The first-order valence-corrected chi connectivity index (χ1v) is 13.8. The molecule has 0 radical (unpaired) electrons. The van der Waals surface area contributed by atoms with Crippen LogP contribution in [0.25, 0.3) is 22.3 Å². The Hall–Kier alpha value is -5.44. The summed E-state index contributed by atoms with van der Waals surface area (Å²) in [7, 11) is 0. The lowest BCUT2D eigenvalue weighted by Gasteiger charge is -2.16. The number of nitrogens with one attached hydrogen (secondary N) is 2. The number of carbonyl (C=O) groups is 1. The zero-order chi connectivity index (χ0) is 29.1. The van der Waals surface area contributed by atoms with Crippen LogP contribution in [0.2, 0.25) is 0 Å². The lowest BCUT2D eigenvalue weighted by atomic mass is 9.91. The molecule has 0 aliphatic rings. The van der Waals surface area contributed by atoms with Gasteiger partial charge in [-0.3, -0.25) is 4.79 Å². The number of hydrogen-bond donors (Lipinski definition) is 2. The van der Waals surface area contributed by atoms with Gasteiger partial charge in [0, 0.05) is 23.4 Å². The molecule has 6 aromatic rings. The minimum absolute atomic E-state index is 0.278. The molecule has 9 heteroatoms. The molecule has 0 saturated heterocycles. The maximum atomic E-state index is 13.8. The van der Waals surface area contributed by atoms with E-state index in [4.69, 9.17) is 9.97 Å². The van der Waals surface area contributed by atoms with E-state index in [1.54, 1.807) is 0 Å². The number of aromatic nitrogens is 7. The number of fused-ring (bicyclic) bond motifs is 1. The third-order valence-electron chi connectivity index (χ3n) is 7.15. The van der Waals surface area contributed by atoms with Crippen LogP contribution < -0.4 is 5.32 Å². The highest BCUT2D eigenvalue weighted by atomic mass is 16.1. The van der Waals surface area contributed by atoms with Crippen LogP contribution in [0.1, 0.15) is 46.5 Å². The first kappa shape index (κ1) is 26.8. The van der Waals surface area contributed by atoms with Crippen LogP contribution in [-0.4, -0.2) is 41.1 Å². The quantitative estimate of drug-likeness (QED) is 0.231. The predicted molar refractivity (Wildman–Crippen MR) is 164 cm³/mol. The van der Waals surface area contributed by atoms with Gasteiger partial charge in [-0.15, -0.1) is 5.10 Å². The summed E-state index contributed by atoms with van der Waals surface area (Å²) >= 11 is 0. The van der Waals surface area contributed by atoms with Crippen molar-refractivity contribution in [2.24, 2.45) is 0 Å². The lowest BCUT2D eigenvalue weighted by Crippen LogP contribution is -2.16. The van der Waals surface area contributed by atoms with Gasteiger partial charge >= 0.3 is 0 Å². The van der Waals surface area contributed by atoms with Crippen molar-refractivity contribution < 1.29 is 4.79 Å². The number of H-pyrrole nitrogens is 1. The normalized spacial score (nSPS) is 11.9. The van der Waals surface area contributed by atoms with Gasteiger partial charge in [-0.1, -0.05) is 79.7 Å². The number of aromatic amines is 1. The average Bonchev–Trinajstić information content (AvgIpc) is 3.66. The first-order valence-electron chi connectivity index (χ1n) is 13.8. The highest BCUT2D eigenvalue weighted by molar-refractivity contribution is 6.32. The number of anilines is 1. The summed E-state index contributed by atoms with van der Waals surface area (Å²) in [5, 5.41) is 17.4. The van der Waals surface area contributed by atoms with E-state index in [0.717, 1.165) is 51.4 Å². The lowest BCUT2D eigenvalue weighted by molar-refractivity contribution is -0.111. The second kappa shape index (κ2) is 11.6. The Bertz CT molecular complexity index is 1870. The number of pyridine rings is 1. The van der Waals surface area contributed by atoms with Gasteiger partial charge in [0.15, 0.2) is 11.5 Å². The van der Waals surface area contributed by atoms with Crippen LogP contribution >= 0.6 is 0 Å². The summed E-state index contributed by atoms with van der Waals surface area (Å²) in [6.07, 6.45) is 0.804. The summed E-state index contributed by atoms with van der Waals surface area (Å²) in [6, 6.07) is 29.4. The molecule has 3 heterocycles. The molecule has 2 N–H and O–H groups in total. The van der Waals surface area contributed by atoms with Crippen molar-refractivity contribution in [3.8, 4) is 0 Å². The molecule has 0 aliphatic heterocycles. The van der Waals surface area contributed by atoms with Crippen molar-refractivity contribution >= 4 is 33.9 Å². The molecule has 9 nitrogen and oxygen atoms in total. The Morgan fingerprint density at radius 2 is 1.57 bits per heavy atom. The van der Waals surface area contributed by atoms with Gasteiger partial charge in [0.1, 0.15) is 11.3 Å². The van der Waals surface area contributed by atoms with Gasteiger partial charge in [0.25, 0.3) is 5.91 Å². The van der Waals surface area contributed by atoms with Gasteiger partial charge in [-0.2, -0.15) is 0 Å². The van der Waals surface area contributed by atoms with Crippen molar-refractivity contribution in [3.63, 3.8) is 0 Å². The maximum absolute atomic E-state index is 13.8. The second-order valence-electron chi connectivity index (χ2n) is 10.1. The largest absolute Gasteiger partial charge is 0.322 e. The summed E-state index contributed by atoms with van der Waals surface area (Å²) in [6.45, 7) is 6.83. The number of tetrazole rings is 1. The molecule has 3 aromatic carbocycles. The average molecular weight is 555 g/mol. The Balaban J connectivity index is 1.44. The number of carbonyl (C=O) groups excluding carboxylic acids is 1. The zero-order valence-corrected chi connectivity index (χ0v) is 23.7. The summed E-state index contributed by atoms with van der Waals surface area (Å²) in [5.41, 5.74) is 8.48. The molecule has 1 amide bonds. The molecular formula is C33H30N8O. The van der Waals surface area contributed by atoms with E-state index in [1.807, 2.05) is 79.7 Å². The van der Waals surface area contributed by atoms with Crippen LogP contribution in [0.5, 0.6) is 0 Å². The molecule has 0 bridgehead atoms. The highest BCUT2D eigenvalue weighted by Gasteiger charge is 2.24. The van der Waals surface area contributed by atoms with E-state index in [2.05, 4.69) is 62.6 Å². The third-order valence-corrected chi connectivity index (χ3v) is 7.15. The van der Waals surface area contributed by atoms with Crippen LogP contribution in [-0.2, 0) is 17.8 Å². The summed E-state index contributed by atoms with van der Waals surface area (Å²) < 4.78 is 2.19. The second-order valence-corrected chi connectivity index (χ2v) is 10.1. The SMILES string of the molecule is CCc1nc2c(C)cc(C)nc2n1Cc1ccc(/C(=C(\C(=O)Nc2ccccc2)c2nnn[nH]2)c2ccccc2)cc1. The maximum Gasteiger partial charge on any atom is 0.260 e. The Morgan fingerprint density at radius 3 is 2.24 bits per heavy atom. The fourth-order valence-corrected chi connectivity index (χ4v) is 5.22. The Morgan fingerprint density at radius 1 is 0.881 bits per heavy atom. The van der Waals surface area contributed by atoms with Crippen molar-refractivity contribution in [1.82, 2.24) is 35.2 Å². The van der Waals surface area contributed by atoms with Gasteiger partial charge in [-0.25, -0.2) is 15.1 Å². The van der Waals surface area contributed by atoms with Crippen LogP contribution in [0.4, 0.5) is 5.69 Å². The van der Waals surface area contributed by atoms with E-state index in [9.17, 15) is 4.79 Å². The highest BCUT2D eigenvalue weighted by Crippen LogP contribution is 2.32. The van der Waals surface area contributed by atoms with Crippen molar-refractivity contribution in [2.75, 3.05) is 5.32 Å². The molecule has 0 spiro atoms. The van der Waals surface area contributed by atoms with Gasteiger partial charge in [-0.05, 0) is 64.7 Å². The molecule has 42 heavy (non-hydrogen) atoms. The topological polar surface area (TPSA) is 114 Å². The number of rotatable bonds is 8. The van der Waals surface area contributed by atoms with Gasteiger partial charge in [0.2, 0.25) is 0 Å². The van der Waals surface area contributed by atoms with E-state index in [-0.39, 0.29) is 11.7 Å². The smallest absolute Gasteiger partial charge is 0.260 e. The molecule has 6 rings (SSSR count). The van der Waals surface area contributed by atoms with E-state index in [0.29, 0.717) is 23.4 Å². The number of hydrogen-bond acceptors (Lipinski definition) is 6. The zero-order valence-electron chi connectivity index (χ0n) is 23.7. The standard InChI is InChI=1S/C33H30N8O/c1-4-27-36-30-21(2)19-22(3)34-32(30)41(27)20-23-15-17-25(18-16-23)28(24-11-7-5-8-12-24)29(31-37-39-40-38-31)33(42)35-26-13-9-6-10-14-26/h5-19H,4,20H2,1-3H3,(H,35,42)(H,37,38,39,40)/b29-28-. The number of imidazole rings is 1. The monoisotopic (exact) mass is 554 g/mol. The number of aryl methyl sites for hydroxylation is 3. The summed E-state index contributed by atoms with van der Waals surface area (Å²) in [5.74, 6) is 0.954. The summed E-state index contributed by atoms with van der Waals surface area (Å²) in [4.78, 5) is 23.5. The van der Waals surface area contributed by atoms with Gasteiger partial charge < -0.3 is 9.88 Å². The Kier molecular flexibility index (Phi) is 7.38. The van der Waals surface area contributed by atoms with E-state index < -0.39 is 0 Å². The molecule has 0 fully saturated rings. The molecule has 0 aliphatic carbocycles. The van der Waals surface area contributed by atoms with Crippen LogP contribution in [0.15, 0.2) is 91.0 Å². The fraction of sp³-hybridized carbons (Fsp3) is 0.152. The Labute approximate surface area is 243 Å².